The van der Waals surface area contributed by atoms with Gasteiger partial charge >= 0.3 is 30.5 Å². The number of hydrogen-bond acceptors (Lipinski definition) is 2. The van der Waals surface area contributed by atoms with Gasteiger partial charge in [0.05, 0.1) is 11.1 Å². The Hall–Kier alpha value is -2.47. The maximum atomic E-state index is 12.5. The fraction of sp³-hybridized carbons (Fsp3) is 0.273. The average Bonchev–Trinajstić information content (AvgIpc) is 2.34. The van der Waals surface area contributed by atoms with E-state index in [1.807, 2.05) is 0 Å². The van der Waals surface area contributed by atoms with Gasteiger partial charge in [-0.05, 0) is 18.2 Å². The van der Waals surface area contributed by atoms with Gasteiger partial charge in [-0.25, -0.2) is 4.79 Å². The number of amides is 3. The Kier molecular flexibility index (Phi) is 5.06. The molecule has 0 aliphatic carbocycles. The van der Waals surface area contributed by atoms with E-state index in [9.17, 15) is 49.1 Å². The Morgan fingerprint density at radius 3 is 1.50 bits per heavy atom. The van der Waals surface area contributed by atoms with Crippen molar-refractivity contribution in [3.05, 3.63) is 29.3 Å². The summed E-state index contributed by atoms with van der Waals surface area (Å²) in [5.41, 5.74) is -4.70. The Morgan fingerprint density at radius 1 is 0.750 bits per heavy atom. The second-order valence-corrected chi connectivity index (χ2v) is 4.20. The molecule has 0 aromatic heterocycles. The molecule has 0 aliphatic heterocycles. The van der Waals surface area contributed by atoms with Crippen LogP contribution < -0.4 is 10.6 Å². The molecule has 0 saturated carbocycles. The lowest BCUT2D eigenvalue weighted by Crippen LogP contribution is -2.42. The van der Waals surface area contributed by atoms with Gasteiger partial charge in [-0.1, -0.05) is 0 Å². The lowest BCUT2D eigenvalue weighted by atomic mass is 10.1. The molecule has 0 atom stereocenters. The Labute approximate surface area is 126 Å². The number of benzene rings is 1. The van der Waals surface area contributed by atoms with Crippen molar-refractivity contribution < 1.29 is 49.1 Å². The first kappa shape index (κ1) is 19.6. The van der Waals surface area contributed by atoms with Crippen LogP contribution in [0, 0.1) is 0 Å². The smallest absolute Gasteiger partial charge is 0.308 e. The number of urea groups is 1. The number of carbonyl (C=O) groups is 2. The highest BCUT2D eigenvalue weighted by Gasteiger charge is 2.40. The molecule has 0 heterocycles. The summed E-state index contributed by atoms with van der Waals surface area (Å²) in [6.07, 6.45) is -15.9. The van der Waals surface area contributed by atoms with E-state index in [0.29, 0.717) is 5.32 Å². The molecule has 0 spiro atoms. The molecule has 1 aromatic rings. The predicted octanol–water partition coefficient (Wildman–Crippen LogP) is 3.93. The van der Waals surface area contributed by atoms with Crippen molar-refractivity contribution in [2.45, 2.75) is 18.5 Å². The topological polar surface area (TPSA) is 58.2 Å². The maximum Gasteiger partial charge on any atom is 0.471 e. The molecule has 0 saturated heterocycles. The lowest BCUT2D eigenvalue weighted by Gasteiger charge is -2.15. The van der Waals surface area contributed by atoms with Crippen LogP contribution in [0.1, 0.15) is 11.1 Å². The molecule has 0 fully saturated rings. The number of halogens is 9. The first-order valence-electron chi connectivity index (χ1n) is 5.59. The highest BCUT2D eigenvalue weighted by atomic mass is 19.4. The van der Waals surface area contributed by atoms with E-state index in [4.69, 9.17) is 0 Å². The van der Waals surface area contributed by atoms with Gasteiger partial charge in [0, 0.05) is 5.69 Å². The molecule has 3 amide bonds. The first-order chi connectivity index (χ1) is 10.6. The van der Waals surface area contributed by atoms with Crippen LogP contribution >= 0.6 is 0 Å². The van der Waals surface area contributed by atoms with Crippen LogP contribution in [0.3, 0.4) is 0 Å². The molecule has 1 aromatic carbocycles. The summed E-state index contributed by atoms with van der Waals surface area (Å²) < 4.78 is 111. The Balaban J connectivity index is 3.11. The molecule has 24 heavy (non-hydrogen) atoms. The van der Waals surface area contributed by atoms with Crippen LogP contribution in [0.2, 0.25) is 0 Å². The molecule has 0 unspecified atom stereocenters. The molecular formula is C11H5F9N2O2. The third-order valence-corrected chi connectivity index (χ3v) is 2.33. The van der Waals surface area contributed by atoms with E-state index >= 15 is 0 Å². The highest BCUT2D eigenvalue weighted by molar-refractivity contribution is 6.03. The number of carbonyl (C=O) groups excluding carboxylic acids is 2. The fourth-order valence-electron chi connectivity index (χ4n) is 1.36. The summed E-state index contributed by atoms with van der Waals surface area (Å²) in [7, 11) is 0. The number of anilines is 1. The summed E-state index contributed by atoms with van der Waals surface area (Å²) in [4.78, 5) is 21.5. The van der Waals surface area contributed by atoms with Crippen LogP contribution in [-0.4, -0.2) is 18.1 Å². The molecule has 13 heteroatoms. The minimum Gasteiger partial charge on any atom is -0.308 e. The standard InChI is InChI=1S/C11H5F9N2O2/c12-9(13,14)4-1-5(10(15,16)17)3-6(2-4)21-8(24)22-7(23)11(18,19)20/h1-3H,(H2,21,22,23,24). The van der Waals surface area contributed by atoms with E-state index in [-0.39, 0.29) is 18.2 Å². The molecule has 2 N–H and O–H groups in total. The maximum absolute atomic E-state index is 12.5. The van der Waals surface area contributed by atoms with Crippen LogP contribution in [0.25, 0.3) is 0 Å². The van der Waals surface area contributed by atoms with Crippen LogP contribution in [-0.2, 0) is 17.1 Å². The Morgan fingerprint density at radius 2 is 1.17 bits per heavy atom. The van der Waals surface area contributed by atoms with Gasteiger partial charge in [-0.2, -0.15) is 39.5 Å². The number of nitrogens with one attached hydrogen (secondary N) is 2. The van der Waals surface area contributed by atoms with Crippen LogP contribution in [0.4, 0.5) is 50.0 Å². The van der Waals surface area contributed by atoms with Gasteiger partial charge in [0.1, 0.15) is 0 Å². The summed E-state index contributed by atoms with van der Waals surface area (Å²) in [6, 6.07) is -2.08. The zero-order valence-electron chi connectivity index (χ0n) is 11.0. The van der Waals surface area contributed by atoms with E-state index in [2.05, 4.69) is 0 Å². The van der Waals surface area contributed by atoms with Crippen molar-refractivity contribution in [1.82, 2.24) is 5.32 Å². The van der Waals surface area contributed by atoms with Crippen LogP contribution in [0.5, 0.6) is 0 Å². The normalized spacial score (nSPS) is 12.7. The van der Waals surface area contributed by atoms with E-state index in [1.54, 1.807) is 0 Å². The number of hydrogen-bond donors (Lipinski definition) is 2. The van der Waals surface area contributed by atoms with E-state index in [1.165, 1.54) is 5.32 Å². The van der Waals surface area contributed by atoms with Gasteiger partial charge < -0.3 is 5.32 Å². The van der Waals surface area contributed by atoms with Crippen molar-refractivity contribution in [2.24, 2.45) is 0 Å². The Bertz CT molecular complexity index is 614. The zero-order valence-corrected chi connectivity index (χ0v) is 11.0. The molecule has 0 bridgehead atoms. The highest BCUT2D eigenvalue weighted by Crippen LogP contribution is 2.37. The third kappa shape index (κ3) is 5.31. The van der Waals surface area contributed by atoms with Crippen LogP contribution in [0.15, 0.2) is 18.2 Å². The van der Waals surface area contributed by atoms with E-state index < -0.39 is 47.3 Å². The molecule has 0 aliphatic rings. The minimum atomic E-state index is -5.47. The van der Waals surface area contributed by atoms with Gasteiger partial charge in [0.2, 0.25) is 0 Å². The lowest BCUT2D eigenvalue weighted by molar-refractivity contribution is -0.172. The van der Waals surface area contributed by atoms with Gasteiger partial charge in [-0.3, -0.25) is 10.1 Å². The van der Waals surface area contributed by atoms with Crippen molar-refractivity contribution in [3.8, 4) is 0 Å². The quantitative estimate of drug-likeness (QED) is 0.738. The van der Waals surface area contributed by atoms with Gasteiger partial charge in [0.25, 0.3) is 0 Å². The molecule has 134 valence electrons. The second kappa shape index (κ2) is 6.20. The number of rotatable bonds is 1. The second-order valence-electron chi connectivity index (χ2n) is 4.20. The van der Waals surface area contributed by atoms with Crippen molar-refractivity contribution in [2.75, 3.05) is 5.32 Å². The van der Waals surface area contributed by atoms with Crippen molar-refractivity contribution in [1.29, 1.82) is 0 Å². The van der Waals surface area contributed by atoms with E-state index in [0.717, 1.165) is 0 Å². The average molecular weight is 368 g/mol. The number of imide groups is 1. The molecular weight excluding hydrogens is 363 g/mol. The fourth-order valence-corrected chi connectivity index (χ4v) is 1.36. The summed E-state index contributed by atoms with van der Waals surface area (Å²) in [5.74, 6) is -2.75. The SMILES string of the molecule is O=C(NC(=O)C(F)(F)F)Nc1cc(C(F)(F)F)cc(C(F)(F)F)c1. The zero-order chi connectivity index (χ0) is 18.9. The van der Waals surface area contributed by atoms with Gasteiger partial charge in [0.15, 0.2) is 0 Å². The van der Waals surface area contributed by atoms with Crippen molar-refractivity contribution in [3.63, 3.8) is 0 Å². The monoisotopic (exact) mass is 368 g/mol. The molecule has 0 radical (unpaired) electrons. The molecule has 1 rings (SSSR count). The largest absolute Gasteiger partial charge is 0.471 e. The summed E-state index contributed by atoms with van der Waals surface area (Å²) >= 11 is 0. The van der Waals surface area contributed by atoms with Gasteiger partial charge in [-0.15, -0.1) is 0 Å². The minimum absolute atomic E-state index is 0.0624. The van der Waals surface area contributed by atoms with Crippen molar-refractivity contribution >= 4 is 17.6 Å². The molecule has 4 nitrogen and oxygen atoms in total. The predicted molar refractivity (Wildman–Crippen MR) is 59.7 cm³/mol. The summed E-state index contributed by atoms with van der Waals surface area (Å²) in [5, 5.41) is 2.01. The third-order valence-electron chi connectivity index (χ3n) is 2.33. The summed E-state index contributed by atoms with van der Waals surface area (Å²) in [6.45, 7) is 0. The number of alkyl halides is 9. The first-order valence-corrected chi connectivity index (χ1v) is 5.59.